The van der Waals surface area contributed by atoms with Crippen molar-refractivity contribution in [3.63, 3.8) is 0 Å². The number of sulfonamides is 1. The molecular formula is C12H27ClN2O4S. The lowest BCUT2D eigenvalue weighted by atomic mass is 10.1. The summed E-state index contributed by atoms with van der Waals surface area (Å²) >= 11 is 0. The first-order chi connectivity index (χ1) is 9.02. The van der Waals surface area contributed by atoms with Gasteiger partial charge in [0, 0.05) is 26.8 Å². The molecule has 0 spiro atoms. The van der Waals surface area contributed by atoms with Gasteiger partial charge in [-0.2, -0.15) is 0 Å². The summed E-state index contributed by atoms with van der Waals surface area (Å²) in [5, 5.41) is -0.493. The van der Waals surface area contributed by atoms with Crippen LogP contribution in [0.3, 0.4) is 0 Å². The van der Waals surface area contributed by atoms with Gasteiger partial charge < -0.3 is 15.2 Å². The van der Waals surface area contributed by atoms with Crippen molar-refractivity contribution in [3.8, 4) is 0 Å². The molecule has 0 aromatic heterocycles. The molecule has 0 aliphatic carbocycles. The predicted molar refractivity (Wildman–Crippen MR) is 81.7 cm³/mol. The van der Waals surface area contributed by atoms with Crippen molar-refractivity contribution < 1.29 is 17.9 Å². The van der Waals surface area contributed by atoms with Gasteiger partial charge in [-0.3, -0.25) is 0 Å². The van der Waals surface area contributed by atoms with Gasteiger partial charge in [0.2, 0.25) is 10.0 Å². The standard InChI is InChI=1S/C12H26N2O4S.ClH/c1-11(10-17-2)19(15,16)14-7-4-12(5-8-14)18-9-3-6-13;/h11-12H,3-10,13H2,1-2H3;1H. The molecule has 0 radical (unpaired) electrons. The van der Waals surface area contributed by atoms with Gasteiger partial charge in [0.25, 0.3) is 0 Å². The molecule has 1 atom stereocenters. The summed E-state index contributed by atoms with van der Waals surface area (Å²) in [5.74, 6) is 0. The van der Waals surface area contributed by atoms with Crippen molar-refractivity contribution in [1.29, 1.82) is 0 Å². The van der Waals surface area contributed by atoms with Crippen LogP contribution in [0.2, 0.25) is 0 Å². The van der Waals surface area contributed by atoms with Crippen molar-refractivity contribution in [2.24, 2.45) is 5.73 Å². The summed E-state index contributed by atoms with van der Waals surface area (Å²) < 4.78 is 36.6. The molecule has 2 N–H and O–H groups in total. The van der Waals surface area contributed by atoms with E-state index in [1.54, 1.807) is 11.2 Å². The van der Waals surface area contributed by atoms with Gasteiger partial charge in [0.1, 0.15) is 0 Å². The molecule has 0 aromatic carbocycles. The second-order valence-corrected chi connectivity index (χ2v) is 7.27. The third-order valence-corrected chi connectivity index (χ3v) is 5.61. The molecule has 0 saturated carbocycles. The lowest BCUT2D eigenvalue weighted by Crippen LogP contribution is -2.45. The molecule has 1 aliphatic heterocycles. The molecule has 0 aromatic rings. The number of hydrogen-bond donors (Lipinski definition) is 1. The Bertz CT molecular complexity index is 345. The lowest BCUT2D eigenvalue weighted by molar-refractivity contribution is 0.0206. The van der Waals surface area contributed by atoms with Crippen molar-refractivity contribution in [3.05, 3.63) is 0 Å². The van der Waals surface area contributed by atoms with Gasteiger partial charge in [-0.25, -0.2) is 12.7 Å². The summed E-state index contributed by atoms with van der Waals surface area (Å²) in [7, 11) is -1.72. The number of piperidine rings is 1. The monoisotopic (exact) mass is 330 g/mol. The van der Waals surface area contributed by atoms with Gasteiger partial charge in [0.15, 0.2) is 0 Å². The number of halogens is 1. The van der Waals surface area contributed by atoms with Crippen LogP contribution in [-0.2, 0) is 19.5 Å². The molecule has 1 heterocycles. The zero-order valence-electron chi connectivity index (χ0n) is 12.3. The average Bonchev–Trinajstić information content (AvgIpc) is 2.40. The first-order valence-electron chi connectivity index (χ1n) is 6.82. The summed E-state index contributed by atoms with van der Waals surface area (Å²) in [4.78, 5) is 0. The SMILES string of the molecule is COCC(C)S(=O)(=O)N1CCC(OCCCN)CC1.Cl. The van der Waals surface area contributed by atoms with E-state index in [1.165, 1.54) is 7.11 Å². The molecule has 6 nitrogen and oxygen atoms in total. The highest BCUT2D eigenvalue weighted by atomic mass is 35.5. The Morgan fingerprint density at radius 1 is 1.35 bits per heavy atom. The molecule has 1 saturated heterocycles. The quantitative estimate of drug-likeness (QED) is 0.659. The molecule has 0 bridgehead atoms. The van der Waals surface area contributed by atoms with E-state index in [0.29, 0.717) is 26.2 Å². The Morgan fingerprint density at radius 2 is 1.95 bits per heavy atom. The lowest BCUT2D eigenvalue weighted by Gasteiger charge is -2.32. The highest BCUT2D eigenvalue weighted by molar-refractivity contribution is 7.89. The van der Waals surface area contributed by atoms with Crippen LogP contribution in [0.1, 0.15) is 26.2 Å². The maximum atomic E-state index is 12.2. The molecule has 122 valence electrons. The third kappa shape index (κ3) is 5.83. The van der Waals surface area contributed by atoms with E-state index in [4.69, 9.17) is 15.2 Å². The van der Waals surface area contributed by atoms with E-state index in [0.717, 1.165) is 19.3 Å². The van der Waals surface area contributed by atoms with Gasteiger partial charge in [-0.05, 0) is 32.7 Å². The molecule has 1 aliphatic rings. The van der Waals surface area contributed by atoms with Crippen LogP contribution in [-0.4, -0.2) is 64.0 Å². The fourth-order valence-electron chi connectivity index (χ4n) is 2.16. The predicted octanol–water partition coefficient (Wildman–Crippen LogP) is 0.603. The maximum Gasteiger partial charge on any atom is 0.218 e. The van der Waals surface area contributed by atoms with Crippen LogP contribution in [0.5, 0.6) is 0 Å². The zero-order chi connectivity index (χ0) is 14.3. The Morgan fingerprint density at radius 3 is 2.45 bits per heavy atom. The Kier molecular flexibility index (Phi) is 9.96. The topological polar surface area (TPSA) is 81.9 Å². The molecule has 1 fully saturated rings. The normalized spacial score (nSPS) is 19.6. The number of methoxy groups -OCH3 is 1. The number of ether oxygens (including phenoxy) is 2. The van der Waals surface area contributed by atoms with E-state index in [9.17, 15) is 8.42 Å². The summed E-state index contributed by atoms with van der Waals surface area (Å²) in [6, 6.07) is 0. The van der Waals surface area contributed by atoms with Gasteiger partial charge in [-0.15, -0.1) is 12.4 Å². The maximum absolute atomic E-state index is 12.2. The second-order valence-electron chi connectivity index (χ2n) is 4.92. The summed E-state index contributed by atoms with van der Waals surface area (Å²) in [6.45, 7) is 4.26. The van der Waals surface area contributed by atoms with Crippen LogP contribution in [0.25, 0.3) is 0 Å². The largest absolute Gasteiger partial charge is 0.383 e. The fraction of sp³-hybridized carbons (Fsp3) is 1.00. The first kappa shape index (κ1) is 20.1. The minimum atomic E-state index is -3.24. The number of nitrogens with two attached hydrogens (primary N) is 1. The highest BCUT2D eigenvalue weighted by Gasteiger charge is 2.32. The molecule has 8 heteroatoms. The molecule has 0 amide bonds. The summed E-state index contributed by atoms with van der Waals surface area (Å²) in [5.41, 5.74) is 5.41. The highest BCUT2D eigenvalue weighted by Crippen LogP contribution is 2.19. The first-order valence-corrected chi connectivity index (χ1v) is 8.32. The summed E-state index contributed by atoms with van der Waals surface area (Å²) in [6.07, 6.45) is 2.52. The van der Waals surface area contributed by atoms with Gasteiger partial charge in [0.05, 0.1) is 18.0 Å². The molecule has 1 rings (SSSR count). The molecular weight excluding hydrogens is 304 g/mol. The van der Waals surface area contributed by atoms with Crippen molar-refractivity contribution in [1.82, 2.24) is 4.31 Å². The Hall–Kier alpha value is 0.0800. The molecule has 20 heavy (non-hydrogen) atoms. The minimum Gasteiger partial charge on any atom is -0.383 e. The average molecular weight is 331 g/mol. The number of hydrogen-bond acceptors (Lipinski definition) is 5. The van der Waals surface area contributed by atoms with Crippen molar-refractivity contribution in [2.45, 2.75) is 37.5 Å². The minimum absolute atomic E-state index is 0. The van der Waals surface area contributed by atoms with Crippen molar-refractivity contribution in [2.75, 3.05) is 40.0 Å². The van der Waals surface area contributed by atoms with Gasteiger partial charge in [-0.1, -0.05) is 0 Å². The van der Waals surface area contributed by atoms with E-state index in [2.05, 4.69) is 0 Å². The van der Waals surface area contributed by atoms with E-state index in [1.807, 2.05) is 0 Å². The van der Waals surface area contributed by atoms with E-state index < -0.39 is 15.3 Å². The number of rotatable bonds is 8. The third-order valence-electron chi connectivity index (χ3n) is 3.37. The van der Waals surface area contributed by atoms with Crippen LogP contribution in [0.15, 0.2) is 0 Å². The van der Waals surface area contributed by atoms with Gasteiger partial charge >= 0.3 is 0 Å². The van der Waals surface area contributed by atoms with E-state index >= 15 is 0 Å². The van der Waals surface area contributed by atoms with Crippen LogP contribution in [0, 0.1) is 0 Å². The second kappa shape index (κ2) is 9.92. The van der Waals surface area contributed by atoms with Crippen LogP contribution >= 0.6 is 12.4 Å². The smallest absolute Gasteiger partial charge is 0.218 e. The van der Waals surface area contributed by atoms with Crippen molar-refractivity contribution >= 4 is 22.4 Å². The van der Waals surface area contributed by atoms with Crippen LogP contribution in [0.4, 0.5) is 0 Å². The Balaban J connectivity index is 0.00000361. The zero-order valence-corrected chi connectivity index (χ0v) is 13.9. The van der Waals surface area contributed by atoms with E-state index in [-0.39, 0.29) is 25.1 Å². The van der Waals surface area contributed by atoms with Crippen LogP contribution < -0.4 is 5.73 Å². The molecule has 1 unspecified atom stereocenters. The fourth-order valence-corrected chi connectivity index (χ4v) is 3.70. The number of nitrogens with zero attached hydrogens (tertiary/aromatic N) is 1. The Labute approximate surface area is 128 Å².